The molecule has 0 spiro atoms. The Balaban J connectivity index is 1.76. The Morgan fingerprint density at radius 1 is 1.43 bits per heavy atom. The third kappa shape index (κ3) is 3.08. The van der Waals surface area contributed by atoms with Crippen molar-refractivity contribution in [2.24, 2.45) is 0 Å². The first-order valence-corrected chi connectivity index (χ1v) is 7.69. The number of aryl methyl sites for hydroxylation is 1. The lowest BCUT2D eigenvalue weighted by atomic mass is 10.2. The van der Waals surface area contributed by atoms with Crippen LogP contribution in [-0.4, -0.2) is 51.9 Å². The van der Waals surface area contributed by atoms with Crippen LogP contribution >= 0.6 is 11.3 Å². The molecule has 7 heteroatoms. The minimum atomic E-state index is -0.0486. The zero-order valence-electron chi connectivity index (χ0n) is 12.0. The van der Waals surface area contributed by atoms with Crippen LogP contribution in [0.15, 0.2) is 18.5 Å². The standard InChI is InChI=1S/C14H17N5OS/c1-9-11(13(20)18-10-4-7-19(2)8-10)21-14(17-9)12-15-5-3-6-16-12/h3,5-6,10H,4,7-8H2,1-2H3,(H,18,20). The van der Waals surface area contributed by atoms with E-state index in [0.717, 1.165) is 25.2 Å². The van der Waals surface area contributed by atoms with Gasteiger partial charge in [0.1, 0.15) is 4.88 Å². The lowest BCUT2D eigenvalue weighted by molar-refractivity contribution is 0.0941. The summed E-state index contributed by atoms with van der Waals surface area (Å²) in [6.07, 6.45) is 4.34. The van der Waals surface area contributed by atoms with Gasteiger partial charge < -0.3 is 10.2 Å². The van der Waals surface area contributed by atoms with E-state index in [2.05, 4.69) is 32.2 Å². The Hall–Kier alpha value is -1.86. The van der Waals surface area contributed by atoms with Gasteiger partial charge in [-0.3, -0.25) is 4.79 Å². The molecule has 1 atom stereocenters. The van der Waals surface area contributed by atoms with Gasteiger partial charge in [-0.25, -0.2) is 15.0 Å². The molecule has 1 fully saturated rings. The molecule has 3 heterocycles. The molecular weight excluding hydrogens is 286 g/mol. The molecule has 1 saturated heterocycles. The fourth-order valence-electron chi connectivity index (χ4n) is 2.42. The first-order chi connectivity index (χ1) is 10.1. The van der Waals surface area contributed by atoms with Crippen molar-refractivity contribution in [3.63, 3.8) is 0 Å². The summed E-state index contributed by atoms with van der Waals surface area (Å²) in [5.41, 5.74) is 0.728. The van der Waals surface area contributed by atoms with Crippen LogP contribution < -0.4 is 5.32 Å². The molecule has 0 saturated carbocycles. The number of rotatable bonds is 3. The summed E-state index contributed by atoms with van der Waals surface area (Å²) in [7, 11) is 2.06. The Kier molecular flexibility index (Phi) is 3.94. The van der Waals surface area contributed by atoms with Gasteiger partial charge in [0.2, 0.25) is 0 Å². The zero-order valence-corrected chi connectivity index (χ0v) is 12.9. The van der Waals surface area contributed by atoms with Gasteiger partial charge >= 0.3 is 0 Å². The van der Waals surface area contributed by atoms with E-state index < -0.39 is 0 Å². The van der Waals surface area contributed by atoms with Crippen LogP contribution in [0.5, 0.6) is 0 Å². The van der Waals surface area contributed by atoms with Gasteiger partial charge in [-0.15, -0.1) is 11.3 Å². The van der Waals surface area contributed by atoms with E-state index in [1.807, 2.05) is 6.92 Å². The van der Waals surface area contributed by atoms with E-state index in [9.17, 15) is 4.79 Å². The molecule has 1 N–H and O–H groups in total. The largest absolute Gasteiger partial charge is 0.347 e. The fourth-order valence-corrected chi connectivity index (χ4v) is 3.33. The molecule has 0 aliphatic carbocycles. The number of carbonyl (C=O) groups is 1. The number of amides is 1. The SMILES string of the molecule is Cc1nc(-c2ncccn2)sc1C(=O)NC1CCN(C)C1. The van der Waals surface area contributed by atoms with Crippen LogP contribution in [0.25, 0.3) is 10.8 Å². The molecule has 6 nitrogen and oxygen atoms in total. The van der Waals surface area contributed by atoms with Crippen molar-refractivity contribution in [2.45, 2.75) is 19.4 Å². The Morgan fingerprint density at radius 3 is 2.86 bits per heavy atom. The van der Waals surface area contributed by atoms with Gasteiger partial charge in [0.25, 0.3) is 5.91 Å². The third-order valence-corrected chi connectivity index (χ3v) is 4.64. The van der Waals surface area contributed by atoms with Gasteiger partial charge in [-0.1, -0.05) is 0 Å². The molecule has 0 radical (unpaired) electrons. The number of carbonyl (C=O) groups excluding carboxylic acids is 1. The second-order valence-electron chi connectivity index (χ2n) is 5.23. The minimum absolute atomic E-state index is 0.0486. The zero-order chi connectivity index (χ0) is 14.8. The molecular formula is C14H17N5OS. The summed E-state index contributed by atoms with van der Waals surface area (Å²) < 4.78 is 0. The van der Waals surface area contributed by atoms with Gasteiger partial charge in [0.15, 0.2) is 10.8 Å². The van der Waals surface area contributed by atoms with Crippen LogP contribution in [0.3, 0.4) is 0 Å². The second-order valence-corrected chi connectivity index (χ2v) is 6.23. The van der Waals surface area contributed by atoms with Gasteiger partial charge in [0.05, 0.1) is 5.69 Å². The van der Waals surface area contributed by atoms with Crippen molar-refractivity contribution in [1.82, 2.24) is 25.2 Å². The van der Waals surface area contributed by atoms with Crippen LogP contribution in [0.4, 0.5) is 0 Å². The first-order valence-electron chi connectivity index (χ1n) is 6.87. The van der Waals surface area contributed by atoms with Crippen LogP contribution in [0.1, 0.15) is 21.8 Å². The highest BCUT2D eigenvalue weighted by molar-refractivity contribution is 7.17. The summed E-state index contributed by atoms with van der Waals surface area (Å²) in [6.45, 7) is 3.77. The van der Waals surface area contributed by atoms with E-state index in [4.69, 9.17) is 0 Å². The maximum absolute atomic E-state index is 12.4. The molecule has 2 aromatic heterocycles. The molecule has 1 aliphatic rings. The smallest absolute Gasteiger partial charge is 0.263 e. The number of nitrogens with one attached hydrogen (secondary N) is 1. The van der Waals surface area contributed by atoms with Gasteiger partial charge in [-0.05, 0) is 33.0 Å². The van der Waals surface area contributed by atoms with E-state index in [1.165, 1.54) is 11.3 Å². The number of hydrogen-bond donors (Lipinski definition) is 1. The number of likely N-dealkylation sites (N-methyl/N-ethyl adjacent to an activating group) is 1. The van der Waals surface area contributed by atoms with Crippen molar-refractivity contribution in [1.29, 1.82) is 0 Å². The van der Waals surface area contributed by atoms with E-state index >= 15 is 0 Å². The lowest BCUT2D eigenvalue weighted by Gasteiger charge is -2.12. The van der Waals surface area contributed by atoms with Crippen molar-refractivity contribution >= 4 is 17.2 Å². The molecule has 2 aromatic rings. The van der Waals surface area contributed by atoms with Crippen molar-refractivity contribution < 1.29 is 4.79 Å². The van der Waals surface area contributed by atoms with Crippen molar-refractivity contribution in [3.8, 4) is 10.8 Å². The molecule has 110 valence electrons. The number of thiazole rings is 1. The normalized spacial score (nSPS) is 18.9. The molecule has 0 aromatic carbocycles. The maximum Gasteiger partial charge on any atom is 0.263 e. The summed E-state index contributed by atoms with van der Waals surface area (Å²) in [5.74, 6) is 0.512. The van der Waals surface area contributed by atoms with E-state index in [0.29, 0.717) is 15.7 Å². The lowest BCUT2D eigenvalue weighted by Crippen LogP contribution is -2.36. The Labute approximate surface area is 127 Å². The monoisotopic (exact) mass is 303 g/mol. The molecule has 1 aliphatic heterocycles. The van der Waals surface area contributed by atoms with Crippen molar-refractivity contribution in [3.05, 3.63) is 29.0 Å². The van der Waals surface area contributed by atoms with E-state index in [1.54, 1.807) is 18.5 Å². The molecule has 1 amide bonds. The average molecular weight is 303 g/mol. The Morgan fingerprint density at radius 2 is 2.19 bits per heavy atom. The number of hydrogen-bond acceptors (Lipinski definition) is 6. The quantitative estimate of drug-likeness (QED) is 0.926. The predicted molar refractivity (Wildman–Crippen MR) is 81.2 cm³/mol. The molecule has 3 rings (SSSR count). The number of nitrogens with zero attached hydrogens (tertiary/aromatic N) is 4. The van der Waals surface area contributed by atoms with Gasteiger partial charge in [0, 0.05) is 25.0 Å². The first kappa shape index (κ1) is 14.1. The molecule has 0 bridgehead atoms. The summed E-state index contributed by atoms with van der Waals surface area (Å²) in [6, 6.07) is 1.98. The number of aromatic nitrogens is 3. The summed E-state index contributed by atoms with van der Waals surface area (Å²) in [5, 5.41) is 3.76. The topological polar surface area (TPSA) is 71.0 Å². The summed E-state index contributed by atoms with van der Waals surface area (Å²) in [4.78, 5) is 28.0. The second kappa shape index (κ2) is 5.87. The van der Waals surface area contributed by atoms with Crippen LogP contribution in [0.2, 0.25) is 0 Å². The highest BCUT2D eigenvalue weighted by Gasteiger charge is 2.24. The molecule has 1 unspecified atom stereocenters. The third-order valence-electron chi connectivity index (χ3n) is 3.49. The summed E-state index contributed by atoms with van der Waals surface area (Å²) >= 11 is 1.34. The van der Waals surface area contributed by atoms with Crippen LogP contribution in [0, 0.1) is 6.92 Å². The fraction of sp³-hybridized carbons (Fsp3) is 0.429. The number of likely N-dealkylation sites (tertiary alicyclic amines) is 1. The maximum atomic E-state index is 12.4. The molecule has 21 heavy (non-hydrogen) atoms. The highest BCUT2D eigenvalue weighted by atomic mass is 32.1. The Bertz CT molecular complexity index is 642. The minimum Gasteiger partial charge on any atom is -0.347 e. The van der Waals surface area contributed by atoms with E-state index in [-0.39, 0.29) is 11.9 Å². The van der Waals surface area contributed by atoms with Crippen LogP contribution in [-0.2, 0) is 0 Å². The van der Waals surface area contributed by atoms with Crippen molar-refractivity contribution in [2.75, 3.05) is 20.1 Å². The predicted octanol–water partition coefficient (Wildman–Crippen LogP) is 1.34. The van der Waals surface area contributed by atoms with Gasteiger partial charge in [-0.2, -0.15) is 0 Å². The highest BCUT2D eigenvalue weighted by Crippen LogP contribution is 2.25. The average Bonchev–Trinajstić information content (AvgIpc) is 3.06.